The lowest BCUT2D eigenvalue weighted by Crippen LogP contribution is -2.52. The van der Waals surface area contributed by atoms with Gasteiger partial charge in [0.1, 0.15) is 17.9 Å². The van der Waals surface area contributed by atoms with E-state index in [4.69, 9.17) is 39.8 Å². The first-order valence-electron chi connectivity index (χ1n) is 14.8. The van der Waals surface area contributed by atoms with Gasteiger partial charge in [0.15, 0.2) is 17.9 Å². The largest absolute Gasteiger partial charge is 0.462 e. The Morgan fingerprint density at radius 3 is 2.20 bits per heavy atom. The fraction of sp³-hybridized carbons (Fsp3) is 0.567. The molecule has 254 valence electrons. The highest BCUT2D eigenvalue weighted by atomic mass is 32.5. The number of carbonyl (C=O) groups is 3. The van der Waals surface area contributed by atoms with Gasteiger partial charge >= 0.3 is 30.2 Å². The Balaban J connectivity index is 2.05. The van der Waals surface area contributed by atoms with Crippen molar-refractivity contribution in [1.82, 2.24) is 14.6 Å². The third kappa shape index (κ3) is 9.35. The maximum absolute atomic E-state index is 13.0. The normalized spacial score (nSPS) is 23.2. The van der Waals surface area contributed by atoms with Crippen molar-refractivity contribution < 1.29 is 42.4 Å². The van der Waals surface area contributed by atoms with E-state index in [1.165, 1.54) is 13.1 Å². The summed E-state index contributed by atoms with van der Waals surface area (Å²) in [7, 11) is 0. The van der Waals surface area contributed by atoms with E-state index >= 15 is 0 Å². The second-order valence-electron chi connectivity index (χ2n) is 11.9. The minimum atomic E-state index is -3.58. The van der Waals surface area contributed by atoms with Gasteiger partial charge in [-0.3, -0.25) is 28.7 Å². The Hall–Kier alpha value is -3.36. The molecule has 0 amide bonds. The Labute approximate surface area is 272 Å². The quantitative estimate of drug-likeness (QED) is 0.169. The van der Waals surface area contributed by atoms with Crippen LogP contribution >= 0.6 is 6.64 Å². The minimum absolute atomic E-state index is 0.353. The third-order valence-corrected chi connectivity index (χ3v) is 9.24. The number of para-hydroxylation sites is 1. The monoisotopic (exact) mass is 683 g/mol. The van der Waals surface area contributed by atoms with Gasteiger partial charge in [0, 0.05) is 12.3 Å². The lowest BCUT2D eigenvalue weighted by molar-refractivity contribution is -0.191. The molecule has 1 aliphatic heterocycles. The molecule has 1 saturated heterocycles. The Morgan fingerprint density at radius 1 is 1.00 bits per heavy atom. The number of nitrogens with zero attached hydrogens (tertiary/aromatic N) is 1. The van der Waals surface area contributed by atoms with Gasteiger partial charge in [0.05, 0.1) is 24.5 Å². The van der Waals surface area contributed by atoms with Gasteiger partial charge < -0.3 is 28.0 Å². The van der Waals surface area contributed by atoms with Crippen molar-refractivity contribution in [2.45, 2.75) is 91.6 Å². The molecule has 6 atom stereocenters. The molecule has 2 heterocycles. The summed E-state index contributed by atoms with van der Waals surface area (Å²) < 4.78 is 36.7. The molecule has 46 heavy (non-hydrogen) atoms. The van der Waals surface area contributed by atoms with Crippen LogP contribution in [0.3, 0.4) is 0 Å². The van der Waals surface area contributed by atoms with E-state index in [0.29, 0.717) is 5.75 Å². The number of hydrogen-bond donors (Lipinski definition) is 2. The van der Waals surface area contributed by atoms with Gasteiger partial charge in [-0.2, -0.15) is 0 Å². The summed E-state index contributed by atoms with van der Waals surface area (Å²) in [6, 6.07) is 8.71. The van der Waals surface area contributed by atoms with Crippen LogP contribution in [0.25, 0.3) is 0 Å². The lowest BCUT2D eigenvalue weighted by atomic mass is 9.95. The van der Waals surface area contributed by atoms with Crippen molar-refractivity contribution in [1.29, 1.82) is 0 Å². The number of nitrogens with one attached hydrogen (secondary N) is 2. The van der Waals surface area contributed by atoms with Crippen molar-refractivity contribution >= 4 is 36.4 Å². The molecular weight excluding hydrogens is 641 g/mol. The van der Waals surface area contributed by atoms with Gasteiger partial charge in [-0.05, 0) is 51.6 Å². The number of rotatable bonds is 14. The summed E-state index contributed by atoms with van der Waals surface area (Å²) in [4.78, 5) is 65.6. The van der Waals surface area contributed by atoms with E-state index < -0.39 is 84.3 Å². The molecule has 2 unspecified atom stereocenters. The van der Waals surface area contributed by atoms with Crippen LogP contribution in [-0.2, 0) is 49.7 Å². The summed E-state index contributed by atoms with van der Waals surface area (Å²) in [5, 5.41) is 2.93. The van der Waals surface area contributed by atoms with Gasteiger partial charge in [0.25, 0.3) is 5.56 Å². The first-order chi connectivity index (χ1) is 21.5. The van der Waals surface area contributed by atoms with Crippen molar-refractivity contribution in [2.24, 2.45) is 11.8 Å². The molecule has 3 rings (SSSR count). The highest BCUT2D eigenvalue weighted by Gasteiger charge is 2.60. The SMILES string of the molecule is CC(C)OC(=O)C(C)NP(=S)(OC[C@H]1O[C@@H](n2ccc(=O)[nH]c2=O)[C@](C)(OC(=O)C(C)C)[C@@H]1OC(=O)C(C)C)Oc1ccccc1. The molecule has 1 aliphatic rings. The fourth-order valence-electron chi connectivity index (χ4n) is 4.37. The van der Waals surface area contributed by atoms with Crippen molar-refractivity contribution in [3.05, 3.63) is 63.4 Å². The highest BCUT2D eigenvalue weighted by Crippen LogP contribution is 2.48. The number of esters is 3. The van der Waals surface area contributed by atoms with Gasteiger partial charge in [-0.1, -0.05) is 45.9 Å². The molecule has 0 bridgehead atoms. The summed E-state index contributed by atoms with van der Waals surface area (Å²) >= 11 is 5.82. The van der Waals surface area contributed by atoms with Crippen molar-refractivity contribution in [3.8, 4) is 5.75 Å². The summed E-state index contributed by atoms with van der Waals surface area (Å²) in [5.41, 5.74) is -3.29. The summed E-state index contributed by atoms with van der Waals surface area (Å²) in [6.45, 7) is 8.93. The summed E-state index contributed by atoms with van der Waals surface area (Å²) in [6.07, 6.45) is -3.08. The van der Waals surface area contributed by atoms with Gasteiger partial charge in [-0.25, -0.2) is 9.88 Å². The number of hydrogen-bond acceptors (Lipinski definition) is 12. The number of carbonyl (C=O) groups excluding carboxylic acids is 3. The maximum Gasteiger partial charge on any atom is 0.330 e. The number of H-pyrrole nitrogens is 1. The molecule has 2 N–H and O–H groups in total. The molecule has 1 fully saturated rings. The fourth-order valence-corrected chi connectivity index (χ4v) is 6.78. The van der Waals surface area contributed by atoms with Crippen LogP contribution in [0.4, 0.5) is 0 Å². The molecule has 1 aromatic carbocycles. The van der Waals surface area contributed by atoms with Crippen LogP contribution in [0.5, 0.6) is 5.75 Å². The molecule has 0 saturated carbocycles. The molecule has 2 aromatic rings. The van der Waals surface area contributed by atoms with E-state index in [-0.39, 0.29) is 6.10 Å². The molecule has 16 heteroatoms. The predicted molar refractivity (Wildman–Crippen MR) is 170 cm³/mol. The van der Waals surface area contributed by atoms with E-state index in [0.717, 1.165) is 10.6 Å². The van der Waals surface area contributed by atoms with Crippen LogP contribution in [0.1, 0.15) is 61.6 Å². The van der Waals surface area contributed by atoms with Crippen LogP contribution in [0, 0.1) is 11.8 Å². The van der Waals surface area contributed by atoms with E-state index in [2.05, 4.69) is 10.1 Å². The highest BCUT2D eigenvalue weighted by molar-refractivity contribution is 8.09. The third-order valence-electron chi connectivity index (χ3n) is 6.74. The van der Waals surface area contributed by atoms with E-state index in [1.54, 1.807) is 78.8 Å². The van der Waals surface area contributed by atoms with Gasteiger partial charge in [0.2, 0.25) is 0 Å². The zero-order chi connectivity index (χ0) is 34.4. The van der Waals surface area contributed by atoms with Crippen LogP contribution in [-0.4, -0.2) is 64.0 Å². The van der Waals surface area contributed by atoms with Crippen molar-refractivity contribution in [2.75, 3.05) is 6.61 Å². The molecule has 0 radical (unpaired) electrons. The Bertz CT molecular complexity index is 1540. The van der Waals surface area contributed by atoms with Crippen LogP contribution in [0.2, 0.25) is 0 Å². The van der Waals surface area contributed by atoms with E-state index in [1.807, 2.05) is 0 Å². The number of ether oxygens (including phenoxy) is 4. The summed E-state index contributed by atoms with van der Waals surface area (Å²) in [5.74, 6) is -2.70. The average Bonchev–Trinajstić information content (AvgIpc) is 3.22. The van der Waals surface area contributed by atoms with Crippen LogP contribution < -0.4 is 20.9 Å². The zero-order valence-corrected chi connectivity index (χ0v) is 28.8. The molecule has 1 aromatic heterocycles. The first-order valence-corrected chi connectivity index (χ1v) is 17.5. The maximum atomic E-state index is 13.0. The number of aromatic nitrogens is 2. The number of benzene rings is 1. The standard InChI is InChI=1S/C30H42N3O11PS/c1-17(2)25(35)42-24-22(41-28(30(24,8)43-26(36)18(3)4)33-15-14-23(34)31-29(33)38)16-39-45(46,44-21-12-10-9-11-13-21)32-20(7)27(37)40-19(5)6/h9-15,17-20,22,24,28H,16H2,1-8H3,(H,32,46)(H,31,34,38)/t20?,22-,24-,28-,30-,45?/m1/s1. The average molecular weight is 684 g/mol. The lowest BCUT2D eigenvalue weighted by Gasteiger charge is -2.35. The Kier molecular flexibility index (Phi) is 12.5. The Morgan fingerprint density at radius 2 is 1.63 bits per heavy atom. The predicted octanol–water partition coefficient (Wildman–Crippen LogP) is 3.21. The molecule has 0 spiro atoms. The van der Waals surface area contributed by atoms with Crippen molar-refractivity contribution in [3.63, 3.8) is 0 Å². The number of aromatic amines is 1. The van der Waals surface area contributed by atoms with E-state index in [9.17, 15) is 24.0 Å². The minimum Gasteiger partial charge on any atom is -0.462 e. The van der Waals surface area contributed by atoms with Crippen LogP contribution in [0.15, 0.2) is 52.2 Å². The zero-order valence-electron chi connectivity index (χ0n) is 27.1. The molecule has 0 aliphatic carbocycles. The second-order valence-corrected chi connectivity index (χ2v) is 15.0. The smallest absolute Gasteiger partial charge is 0.330 e. The molecular formula is C30H42N3O11PS. The molecule has 14 nitrogen and oxygen atoms in total. The first kappa shape index (κ1) is 37.1. The second kappa shape index (κ2) is 15.5. The topological polar surface area (TPSA) is 173 Å². The van der Waals surface area contributed by atoms with Gasteiger partial charge in [-0.15, -0.1) is 0 Å².